The number of rotatable bonds is 7. The standard InChI is InChI=1S/C8H19NO2S/c1-7(12-3)4-9-5-8(10)6-11-2/h7-10H,4-6H2,1-3H3. The predicted octanol–water partition coefficient (Wildman–Crippen LogP) is 0.335. The maximum Gasteiger partial charge on any atom is 0.0897 e. The molecule has 0 heterocycles. The first-order valence-electron chi connectivity index (χ1n) is 4.11. The third kappa shape index (κ3) is 6.91. The molecule has 0 amide bonds. The zero-order valence-corrected chi connectivity index (χ0v) is 8.86. The Bertz CT molecular complexity index is 103. The molecule has 3 nitrogen and oxygen atoms in total. The van der Waals surface area contributed by atoms with Crippen molar-refractivity contribution in [3.63, 3.8) is 0 Å². The largest absolute Gasteiger partial charge is 0.389 e. The quantitative estimate of drug-likeness (QED) is 0.611. The van der Waals surface area contributed by atoms with E-state index in [1.165, 1.54) is 0 Å². The van der Waals surface area contributed by atoms with Crippen LogP contribution in [-0.4, -0.2) is 49.5 Å². The van der Waals surface area contributed by atoms with Crippen LogP contribution >= 0.6 is 11.8 Å². The average Bonchev–Trinajstić information content (AvgIpc) is 2.04. The molecule has 0 fully saturated rings. The second kappa shape index (κ2) is 7.86. The van der Waals surface area contributed by atoms with Crippen LogP contribution in [0.4, 0.5) is 0 Å². The molecule has 2 atom stereocenters. The van der Waals surface area contributed by atoms with E-state index in [-0.39, 0.29) is 6.10 Å². The van der Waals surface area contributed by atoms with E-state index in [0.29, 0.717) is 18.4 Å². The van der Waals surface area contributed by atoms with E-state index in [2.05, 4.69) is 18.5 Å². The summed E-state index contributed by atoms with van der Waals surface area (Å²) in [6.07, 6.45) is 1.70. The highest BCUT2D eigenvalue weighted by Crippen LogP contribution is 2.02. The maximum atomic E-state index is 9.24. The topological polar surface area (TPSA) is 41.5 Å². The number of aliphatic hydroxyl groups is 1. The second-order valence-electron chi connectivity index (χ2n) is 2.81. The molecule has 0 saturated heterocycles. The van der Waals surface area contributed by atoms with Gasteiger partial charge in [0.2, 0.25) is 0 Å². The van der Waals surface area contributed by atoms with Gasteiger partial charge in [-0.15, -0.1) is 0 Å². The van der Waals surface area contributed by atoms with Crippen LogP contribution in [0.5, 0.6) is 0 Å². The molecule has 0 rings (SSSR count). The van der Waals surface area contributed by atoms with Crippen molar-refractivity contribution in [2.75, 3.05) is 33.1 Å². The summed E-state index contributed by atoms with van der Waals surface area (Å²) in [6.45, 7) is 4.10. The molecule has 0 aromatic rings. The lowest BCUT2D eigenvalue weighted by Gasteiger charge is -2.13. The van der Waals surface area contributed by atoms with Crippen LogP contribution in [0.15, 0.2) is 0 Å². The summed E-state index contributed by atoms with van der Waals surface area (Å²) in [5, 5.41) is 13.0. The van der Waals surface area contributed by atoms with Gasteiger partial charge in [0.25, 0.3) is 0 Å². The van der Waals surface area contributed by atoms with Crippen molar-refractivity contribution >= 4 is 11.8 Å². The number of aliphatic hydroxyl groups excluding tert-OH is 1. The Morgan fingerprint density at radius 2 is 2.17 bits per heavy atom. The molecule has 2 unspecified atom stereocenters. The highest BCUT2D eigenvalue weighted by atomic mass is 32.2. The SMILES string of the molecule is COCC(O)CNCC(C)SC. The Kier molecular flexibility index (Phi) is 8.01. The molecule has 0 aliphatic rings. The highest BCUT2D eigenvalue weighted by molar-refractivity contribution is 7.99. The Morgan fingerprint density at radius 1 is 1.50 bits per heavy atom. The van der Waals surface area contributed by atoms with Gasteiger partial charge in [0.15, 0.2) is 0 Å². The minimum atomic E-state index is -0.385. The van der Waals surface area contributed by atoms with E-state index in [1.54, 1.807) is 7.11 Å². The fourth-order valence-corrected chi connectivity index (χ4v) is 1.07. The molecule has 0 aliphatic carbocycles. The molecule has 0 aromatic heterocycles. The monoisotopic (exact) mass is 193 g/mol. The van der Waals surface area contributed by atoms with Gasteiger partial charge in [-0.3, -0.25) is 0 Å². The number of hydrogen-bond donors (Lipinski definition) is 2. The van der Waals surface area contributed by atoms with E-state index in [9.17, 15) is 5.11 Å². The van der Waals surface area contributed by atoms with Gasteiger partial charge in [-0.05, 0) is 6.26 Å². The lowest BCUT2D eigenvalue weighted by Crippen LogP contribution is -2.33. The third-order valence-corrected chi connectivity index (χ3v) is 2.54. The summed E-state index contributed by atoms with van der Waals surface area (Å²) in [4.78, 5) is 0. The summed E-state index contributed by atoms with van der Waals surface area (Å²) >= 11 is 1.81. The van der Waals surface area contributed by atoms with Crippen LogP contribution in [0.3, 0.4) is 0 Å². The molecule has 0 spiro atoms. The van der Waals surface area contributed by atoms with Crippen molar-refractivity contribution in [3.05, 3.63) is 0 Å². The highest BCUT2D eigenvalue weighted by Gasteiger charge is 2.03. The van der Waals surface area contributed by atoms with E-state index >= 15 is 0 Å². The molecule has 0 aromatic carbocycles. The molecule has 0 radical (unpaired) electrons. The lowest BCUT2D eigenvalue weighted by molar-refractivity contribution is 0.0648. The Hall–Kier alpha value is 0.230. The number of nitrogens with one attached hydrogen (secondary N) is 1. The maximum absolute atomic E-state index is 9.24. The number of thioether (sulfide) groups is 1. The summed E-state index contributed by atoms with van der Waals surface area (Å²) in [7, 11) is 1.59. The normalized spacial score (nSPS) is 16.0. The molecule has 74 valence electrons. The predicted molar refractivity (Wildman–Crippen MR) is 53.7 cm³/mol. The van der Waals surface area contributed by atoms with Crippen LogP contribution in [0, 0.1) is 0 Å². The van der Waals surface area contributed by atoms with Gasteiger partial charge >= 0.3 is 0 Å². The van der Waals surface area contributed by atoms with E-state index in [4.69, 9.17) is 4.74 Å². The molecule has 0 saturated carbocycles. The van der Waals surface area contributed by atoms with E-state index in [0.717, 1.165) is 6.54 Å². The van der Waals surface area contributed by atoms with E-state index in [1.807, 2.05) is 11.8 Å². The molecule has 0 aliphatic heterocycles. The Balaban J connectivity index is 3.18. The van der Waals surface area contributed by atoms with Crippen molar-refractivity contribution in [1.29, 1.82) is 0 Å². The number of ether oxygens (including phenoxy) is 1. The van der Waals surface area contributed by atoms with Gasteiger partial charge in [-0.1, -0.05) is 6.92 Å². The van der Waals surface area contributed by atoms with Crippen molar-refractivity contribution in [2.45, 2.75) is 18.3 Å². The minimum absolute atomic E-state index is 0.385. The second-order valence-corrected chi connectivity index (χ2v) is 4.09. The van der Waals surface area contributed by atoms with Crippen LogP contribution < -0.4 is 5.32 Å². The van der Waals surface area contributed by atoms with Crippen molar-refractivity contribution in [1.82, 2.24) is 5.32 Å². The lowest BCUT2D eigenvalue weighted by atomic mass is 10.3. The van der Waals surface area contributed by atoms with Gasteiger partial charge < -0.3 is 15.2 Å². The van der Waals surface area contributed by atoms with Crippen LogP contribution in [0.2, 0.25) is 0 Å². The van der Waals surface area contributed by atoms with Crippen molar-refractivity contribution in [2.24, 2.45) is 0 Å². The Morgan fingerprint density at radius 3 is 2.67 bits per heavy atom. The Labute approximate surface area is 78.9 Å². The van der Waals surface area contributed by atoms with Gasteiger partial charge in [-0.25, -0.2) is 0 Å². The van der Waals surface area contributed by atoms with Crippen LogP contribution in [0.1, 0.15) is 6.92 Å². The van der Waals surface area contributed by atoms with Gasteiger partial charge in [0.05, 0.1) is 12.7 Å². The van der Waals surface area contributed by atoms with E-state index < -0.39 is 0 Å². The average molecular weight is 193 g/mol. The molecule has 2 N–H and O–H groups in total. The zero-order valence-electron chi connectivity index (χ0n) is 8.04. The first-order chi connectivity index (χ1) is 5.70. The minimum Gasteiger partial charge on any atom is -0.389 e. The number of hydrogen-bond acceptors (Lipinski definition) is 4. The summed E-state index contributed by atoms with van der Waals surface area (Å²) in [5.41, 5.74) is 0. The van der Waals surface area contributed by atoms with Gasteiger partial charge in [-0.2, -0.15) is 11.8 Å². The zero-order chi connectivity index (χ0) is 9.40. The smallest absolute Gasteiger partial charge is 0.0897 e. The molecular weight excluding hydrogens is 174 g/mol. The summed E-state index contributed by atoms with van der Waals surface area (Å²) < 4.78 is 4.79. The first kappa shape index (κ1) is 12.2. The van der Waals surface area contributed by atoms with Gasteiger partial charge in [0, 0.05) is 25.4 Å². The first-order valence-corrected chi connectivity index (χ1v) is 5.40. The molecule has 12 heavy (non-hydrogen) atoms. The fraction of sp³-hybridized carbons (Fsp3) is 1.00. The number of methoxy groups -OCH3 is 1. The fourth-order valence-electron chi connectivity index (χ4n) is 0.788. The van der Waals surface area contributed by atoms with Gasteiger partial charge in [0.1, 0.15) is 0 Å². The molecule has 0 bridgehead atoms. The summed E-state index contributed by atoms with van der Waals surface area (Å²) in [6, 6.07) is 0. The van der Waals surface area contributed by atoms with Crippen LogP contribution in [-0.2, 0) is 4.74 Å². The molecule has 4 heteroatoms. The van der Waals surface area contributed by atoms with Crippen LogP contribution in [0.25, 0.3) is 0 Å². The van der Waals surface area contributed by atoms with Crippen molar-refractivity contribution in [3.8, 4) is 0 Å². The third-order valence-electron chi connectivity index (χ3n) is 1.57. The van der Waals surface area contributed by atoms with Crippen molar-refractivity contribution < 1.29 is 9.84 Å². The molecular formula is C8H19NO2S. The summed E-state index contributed by atoms with van der Waals surface area (Å²) in [5.74, 6) is 0.